The van der Waals surface area contributed by atoms with Crippen molar-refractivity contribution in [2.24, 2.45) is 11.3 Å². The Kier molecular flexibility index (Phi) is 5.51. The fourth-order valence-corrected chi connectivity index (χ4v) is 4.96. The number of nitrogens with one attached hydrogen (secondary N) is 1. The highest BCUT2D eigenvalue weighted by Gasteiger charge is 2.45. The lowest BCUT2D eigenvalue weighted by Gasteiger charge is -2.51. The summed E-state index contributed by atoms with van der Waals surface area (Å²) in [6.07, 6.45) is 6.76. The fourth-order valence-electron chi connectivity index (χ4n) is 4.96. The van der Waals surface area contributed by atoms with E-state index in [0.29, 0.717) is 6.54 Å². The fraction of sp³-hybridized carbons (Fsp3) is 0.545. The number of likely N-dealkylation sites (tertiary alicyclic amines) is 2. The molecule has 2 N–H and O–H groups in total. The first-order valence-electron chi connectivity index (χ1n) is 10.3. The van der Waals surface area contributed by atoms with Crippen LogP contribution in [0.25, 0.3) is 0 Å². The Bertz CT molecular complexity index is 797. The molecule has 2 aromatic rings. The zero-order valence-corrected chi connectivity index (χ0v) is 16.6. The lowest BCUT2D eigenvalue weighted by atomic mass is 9.64. The number of aromatic nitrogens is 2. The van der Waals surface area contributed by atoms with E-state index in [0.717, 1.165) is 62.3 Å². The van der Waals surface area contributed by atoms with Gasteiger partial charge >= 0.3 is 0 Å². The lowest BCUT2D eigenvalue weighted by Crippen LogP contribution is -2.54. The van der Waals surface area contributed by atoms with E-state index >= 15 is 0 Å². The maximum atomic E-state index is 13.0. The maximum Gasteiger partial charge on any atom is 0.254 e. The Balaban J connectivity index is 1.40. The normalized spacial score (nSPS) is 22.5. The van der Waals surface area contributed by atoms with Crippen LogP contribution in [0.15, 0.2) is 36.8 Å². The van der Waals surface area contributed by atoms with Gasteiger partial charge in [-0.25, -0.2) is 4.98 Å². The number of piperidine rings is 2. The van der Waals surface area contributed by atoms with Gasteiger partial charge in [-0.2, -0.15) is 0 Å². The minimum Gasteiger partial charge on any atom is -0.396 e. The highest BCUT2D eigenvalue weighted by molar-refractivity contribution is 5.95. The van der Waals surface area contributed by atoms with Crippen LogP contribution in [0.3, 0.4) is 0 Å². The van der Waals surface area contributed by atoms with Crippen LogP contribution in [0.2, 0.25) is 0 Å². The highest BCUT2D eigenvalue weighted by Crippen LogP contribution is 2.45. The Morgan fingerprint density at radius 2 is 2.00 bits per heavy atom. The van der Waals surface area contributed by atoms with Gasteiger partial charge in [0, 0.05) is 49.6 Å². The first kappa shape index (κ1) is 19.2. The van der Waals surface area contributed by atoms with Crippen molar-refractivity contribution in [3.05, 3.63) is 53.6 Å². The number of hydrogen-bond acceptors (Lipinski definition) is 4. The van der Waals surface area contributed by atoms with Crippen LogP contribution in [0.1, 0.15) is 40.9 Å². The van der Waals surface area contributed by atoms with Crippen molar-refractivity contribution in [1.29, 1.82) is 0 Å². The molecule has 0 radical (unpaired) electrons. The van der Waals surface area contributed by atoms with Crippen molar-refractivity contribution < 1.29 is 9.90 Å². The standard InChI is InChI=1S/C22H30N4O2/c1-17-4-2-3-5-20(17)21(28)26-11-8-22(18(13-26)15-27)6-9-25(10-7-22)14-19-12-23-16-24-19/h2-5,12,16,18,27H,6-11,13-15H2,1H3,(H,23,24)/t18-/m1/s1. The summed E-state index contributed by atoms with van der Waals surface area (Å²) < 4.78 is 0. The second-order valence-electron chi connectivity index (χ2n) is 8.41. The van der Waals surface area contributed by atoms with Crippen molar-refractivity contribution in [3.63, 3.8) is 0 Å². The highest BCUT2D eigenvalue weighted by atomic mass is 16.3. The van der Waals surface area contributed by atoms with E-state index in [9.17, 15) is 9.90 Å². The van der Waals surface area contributed by atoms with Gasteiger partial charge in [-0.1, -0.05) is 18.2 Å². The Morgan fingerprint density at radius 3 is 2.68 bits per heavy atom. The minimum absolute atomic E-state index is 0.100. The van der Waals surface area contributed by atoms with Gasteiger partial charge in [-0.15, -0.1) is 0 Å². The van der Waals surface area contributed by atoms with Gasteiger partial charge in [0.1, 0.15) is 0 Å². The van der Waals surface area contributed by atoms with E-state index in [2.05, 4.69) is 14.9 Å². The number of carbonyl (C=O) groups is 1. The predicted octanol–water partition coefficient (Wildman–Crippen LogP) is 2.45. The average molecular weight is 383 g/mol. The smallest absolute Gasteiger partial charge is 0.254 e. The second-order valence-corrected chi connectivity index (χ2v) is 8.41. The number of benzene rings is 1. The number of hydrogen-bond donors (Lipinski definition) is 2. The molecule has 150 valence electrons. The number of carbonyl (C=O) groups excluding carboxylic acids is 1. The maximum absolute atomic E-state index is 13.0. The summed E-state index contributed by atoms with van der Waals surface area (Å²) in [5.74, 6) is 0.256. The van der Waals surface area contributed by atoms with E-state index < -0.39 is 0 Å². The molecule has 2 aliphatic rings. The largest absolute Gasteiger partial charge is 0.396 e. The molecule has 1 aromatic carbocycles. The van der Waals surface area contributed by atoms with Gasteiger partial charge in [0.05, 0.1) is 6.33 Å². The third kappa shape index (κ3) is 3.71. The quantitative estimate of drug-likeness (QED) is 0.852. The van der Waals surface area contributed by atoms with Crippen LogP contribution in [0, 0.1) is 18.3 Å². The predicted molar refractivity (Wildman–Crippen MR) is 108 cm³/mol. The van der Waals surface area contributed by atoms with Gasteiger partial charge in [0.25, 0.3) is 5.91 Å². The Hall–Kier alpha value is -2.18. The zero-order valence-electron chi connectivity index (χ0n) is 16.6. The molecular formula is C22H30N4O2. The Morgan fingerprint density at radius 1 is 1.25 bits per heavy atom. The molecule has 6 nitrogen and oxygen atoms in total. The molecule has 0 unspecified atom stereocenters. The van der Waals surface area contributed by atoms with Crippen LogP contribution in [0.4, 0.5) is 0 Å². The van der Waals surface area contributed by atoms with Gasteiger partial charge < -0.3 is 15.0 Å². The summed E-state index contributed by atoms with van der Waals surface area (Å²) in [7, 11) is 0. The van der Waals surface area contributed by atoms with E-state index in [4.69, 9.17) is 0 Å². The number of rotatable bonds is 4. The molecule has 3 heterocycles. The van der Waals surface area contributed by atoms with E-state index in [1.807, 2.05) is 42.3 Å². The number of aliphatic hydroxyl groups is 1. The summed E-state index contributed by atoms with van der Waals surface area (Å²) >= 11 is 0. The number of aromatic amines is 1. The van der Waals surface area contributed by atoms with Crippen molar-refractivity contribution in [1.82, 2.24) is 19.8 Å². The minimum atomic E-state index is 0.100. The molecule has 1 amide bonds. The van der Waals surface area contributed by atoms with Crippen LogP contribution < -0.4 is 0 Å². The summed E-state index contributed by atoms with van der Waals surface area (Å²) in [6.45, 7) is 6.53. The number of imidazole rings is 1. The monoisotopic (exact) mass is 382 g/mol. The van der Waals surface area contributed by atoms with Crippen LogP contribution in [-0.2, 0) is 6.54 Å². The average Bonchev–Trinajstić information content (AvgIpc) is 3.23. The summed E-state index contributed by atoms with van der Waals surface area (Å²) in [5.41, 5.74) is 3.10. The van der Waals surface area contributed by atoms with Gasteiger partial charge in [-0.3, -0.25) is 9.69 Å². The van der Waals surface area contributed by atoms with E-state index in [1.54, 1.807) is 6.33 Å². The summed E-state index contributed by atoms with van der Waals surface area (Å²) in [4.78, 5) is 24.7. The van der Waals surface area contributed by atoms with Crippen molar-refractivity contribution in [3.8, 4) is 0 Å². The molecule has 2 aliphatic heterocycles. The third-order valence-electron chi connectivity index (χ3n) is 6.87. The van der Waals surface area contributed by atoms with Gasteiger partial charge in [0.15, 0.2) is 0 Å². The molecule has 1 atom stereocenters. The molecule has 0 bridgehead atoms. The van der Waals surface area contributed by atoms with Crippen LogP contribution >= 0.6 is 0 Å². The number of nitrogens with zero attached hydrogens (tertiary/aromatic N) is 3. The molecule has 1 aromatic heterocycles. The van der Waals surface area contributed by atoms with E-state index in [1.165, 1.54) is 0 Å². The molecule has 6 heteroatoms. The number of amides is 1. The Labute approximate surface area is 166 Å². The zero-order chi connectivity index (χ0) is 19.6. The molecule has 0 aliphatic carbocycles. The van der Waals surface area contributed by atoms with E-state index in [-0.39, 0.29) is 23.8 Å². The second kappa shape index (κ2) is 8.05. The van der Waals surface area contributed by atoms with Crippen molar-refractivity contribution >= 4 is 5.91 Å². The first-order valence-corrected chi connectivity index (χ1v) is 10.3. The lowest BCUT2D eigenvalue weighted by molar-refractivity contribution is -0.0366. The third-order valence-corrected chi connectivity index (χ3v) is 6.87. The number of aliphatic hydroxyl groups excluding tert-OH is 1. The molecule has 2 fully saturated rings. The number of H-pyrrole nitrogens is 1. The molecule has 28 heavy (non-hydrogen) atoms. The SMILES string of the molecule is Cc1ccccc1C(=O)N1CCC2(CCN(Cc3cnc[nH]3)CC2)[C@@H](CO)C1. The first-order chi connectivity index (χ1) is 13.6. The molecule has 1 spiro atoms. The van der Waals surface area contributed by atoms with Gasteiger partial charge in [-0.05, 0) is 56.3 Å². The number of aryl methyl sites for hydroxylation is 1. The van der Waals surface area contributed by atoms with Crippen LogP contribution in [-0.4, -0.2) is 63.6 Å². The molecular weight excluding hydrogens is 352 g/mol. The van der Waals surface area contributed by atoms with Crippen molar-refractivity contribution in [2.45, 2.75) is 32.7 Å². The molecule has 4 rings (SSSR count). The van der Waals surface area contributed by atoms with Crippen molar-refractivity contribution in [2.75, 3.05) is 32.8 Å². The summed E-state index contributed by atoms with van der Waals surface area (Å²) in [5, 5.41) is 10.1. The van der Waals surface area contributed by atoms with Crippen LogP contribution in [0.5, 0.6) is 0 Å². The molecule has 0 saturated carbocycles. The summed E-state index contributed by atoms with van der Waals surface area (Å²) in [6, 6.07) is 7.77. The topological polar surface area (TPSA) is 72.5 Å². The van der Waals surface area contributed by atoms with Gasteiger partial charge in [0.2, 0.25) is 0 Å². The molecule has 2 saturated heterocycles.